The lowest BCUT2D eigenvalue weighted by Crippen LogP contribution is -2.25. The summed E-state index contributed by atoms with van der Waals surface area (Å²) in [5, 5.41) is -1.98. The van der Waals surface area contributed by atoms with E-state index in [0.29, 0.717) is 17.0 Å². The molecule has 1 unspecified atom stereocenters. The second-order valence-corrected chi connectivity index (χ2v) is 6.33. The number of hydrogen-bond acceptors (Lipinski definition) is 4. The normalized spacial score (nSPS) is 15.3. The van der Waals surface area contributed by atoms with Gasteiger partial charge in [-0.15, -0.1) is 11.3 Å². The minimum Gasteiger partial charge on any atom is -0.245 e. The summed E-state index contributed by atoms with van der Waals surface area (Å²) in [6, 6.07) is 0. The number of thiazole rings is 1. The molecule has 0 amide bonds. The molecule has 0 bridgehead atoms. The van der Waals surface area contributed by atoms with Crippen LogP contribution in [0.2, 0.25) is 0 Å². The highest BCUT2D eigenvalue weighted by molar-refractivity contribution is 8.14. The maximum absolute atomic E-state index is 12.4. The Balaban J connectivity index is 3.26. The van der Waals surface area contributed by atoms with Crippen LogP contribution in [0.3, 0.4) is 0 Å². The third-order valence-electron chi connectivity index (χ3n) is 1.44. The molecule has 0 aromatic carbocycles. The van der Waals surface area contributed by atoms with Gasteiger partial charge in [0, 0.05) is 21.8 Å². The Kier molecular flexibility index (Phi) is 3.32. The van der Waals surface area contributed by atoms with Gasteiger partial charge >= 0.3 is 6.18 Å². The molecule has 9 heteroatoms. The predicted molar refractivity (Wildman–Crippen MR) is 50.4 cm³/mol. The zero-order valence-electron chi connectivity index (χ0n) is 7.25. The van der Waals surface area contributed by atoms with E-state index in [9.17, 15) is 21.6 Å². The fraction of sp³-hybridized carbons (Fsp3) is 0.500. The molecule has 0 saturated carbocycles. The van der Waals surface area contributed by atoms with Crippen LogP contribution in [0.4, 0.5) is 13.2 Å². The van der Waals surface area contributed by atoms with Crippen molar-refractivity contribution in [1.29, 1.82) is 0 Å². The first kappa shape index (κ1) is 12.7. The van der Waals surface area contributed by atoms with Crippen molar-refractivity contribution >= 4 is 31.1 Å². The average molecular weight is 280 g/mol. The van der Waals surface area contributed by atoms with Gasteiger partial charge in [-0.3, -0.25) is 0 Å². The minimum atomic E-state index is -4.95. The van der Waals surface area contributed by atoms with Gasteiger partial charge in [-0.05, 0) is 6.92 Å². The maximum atomic E-state index is 12.4. The van der Waals surface area contributed by atoms with Crippen molar-refractivity contribution in [3.63, 3.8) is 0 Å². The van der Waals surface area contributed by atoms with Gasteiger partial charge in [0.2, 0.25) is 5.25 Å². The second-order valence-electron chi connectivity index (χ2n) is 2.72. The SMILES string of the molecule is Cc1csc(C(C(F)(F)F)S(=O)(=O)Cl)n1. The standard InChI is InChI=1S/C6H5ClF3NO2S2/c1-3-2-14-5(11-3)4(6(8,9)10)15(7,12)13/h2,4H,1H3. The molecule has 1 aromatic rings. The number of halogens is 4. The molecular weight excluding hydrogens is 275 g/mol. The van der Waals surface area contributed by atoms with Crippen molar-refractivity contribution in [2.45, 2.75) is 18.3 Å². The lowest BCUT2D eigenvalue weighted by Gasteiger charge is -2.14. The molecule has 15 heavy (non-hydrogen) atoms. The fourth-order valence-corrected chi connectivity index (χ4v) is 3.58. The zero-order valence-corrected chi connectivity index (χ0v) is 9.64. The molecule has 0 fully saturated rings. The molecule has 86 valence electrons. The largest absolute Gasteiger partial charge is 0.413 e. The third-order valence-corrected chi connectivity index (χ3v) is 4.20. The average Bonchev–Trinajstić information content (AvgIpc) is 2.28. The molecule has 1 atom stereocenters. The lowest BCUT2D eigenvalue weighted by atomic mass is 10.4. The van der Waals surface area contributed by atoms with Gasteiger partial charge in [0.1, 0.15) is 5.01 Å². The first-order valence-corrected chi connectivity index (χ1v) is 6.80. The van der Waals surface area contributed by atoms with Crippen molar-refractivity contribution in [2.24, 2.45) is 0 Å². The number of alkyl halides is 3. The first-order chi connectivity index (χ1) is 6.62. The summed E-state index contributed by atoms with van der Waals surface area (Å²) in [7, 11) is -0.0207. The van der Waals surface area contributed by atoms with Gasteiger partial charge in [0.05, 0.1) is 0 Å². The lowest BCUT2D eigenvalue weighted by molar-refractivity contribution is -0.131. The summed E-state index contributed by atoms with van der Waals surface area (Å²) in [6.07, 6.45) is -4.95. The van der Waals surface area contributed by atoms with E-state index in [-0.39, 0.29) is 0 Å². The molecule has 1 rings (SSSR count). The Bertz CT molecular complexity index is 453. The van der Waals surface area contributed by atoms with Crippen molar-refractivity contribution in [3.8, 4) is 0 Å². The Morgan fingerprint density at radius 2 is 2.07 bits per heavy atom. The minimum absolute atomic E-state index is 0.324. The van der Waals surface area contributed by atoms with Crippen molar-refractivity contribution < 1.29 is 21.6 Å². The van der Waals surface area contributed by atoms with E-state index in [4.69, 9.17) is 10.7 Å². The van der Waals surface area contributed by atoms with Crippen LogP contribution in [0.15, 0.2) is 5.38 Å². The van der Waals surface area contributed by atoms with E-state index in [2.05, 4.69) is 4.98 Å². The molecule has 0 aliphatic heterocycles. The fourth-order valence-electron chi connectivity index (χ4n) is 0.913. The molecule has 1 heterocycles. The van der Waals surface area contributed by atoms with Crippen LogP contribution in [-0.2, 0) is 9.05 Å². The molecule has 0 aliphatic carbocycles. The highest BCUT2D eigenvalue weighted by atomic mass is 35.7. The topological polar surface area (TPSA) is 47.0 Å². The first-order valence-electron chi connectivity index (χ1n) is 3.54. The van der Waals surface area contributed by atoms with Crippen molar-refractivity contribution in [2.75, 3.05) is 0 Å². The summed E-state index contributed by atoms with van der Waals surface area (Å²) in [5.74, 6) is 0. The van der Waals surface area contributed by atoms with Gasteiger partial charge < -0.3 is 0 Å². The van der Waals surface area contributed by atoms with E-state index in [1.807, 2.05) is 0 Å². The molecule has 0 aliphatic rings. The Morgan fingerprint density at radius 1 is 1.53 bits per heavy atom. The van der Waals surface area contributed by atoms with Crippen LogP contribution in [0.25, 0.3) is 0 Å². The van der Waals surface area contributed by atoms with Crippen LogP contribution in [0.5, 0.6) is 0 Å². The van der Waals surface area contributed by atoms with E-state index >= 15 is 0 Å². The quantitative estimate of drug-likeness (QED) is 0.782. The molecule has 0 saturated heterocycles. The van der Waals surface area contributed by atoms with Gasteiger partial charge in [-0.25, -0.2) is 13.4 Å². The smallest absolute Gasteiger partial charge is 0.245 e. The van der Waals surface area contributed by atoms with Gasteiger partial charge in [-0.1, -0.05) is 0 Å². The van der Waals surface area contributed by atoms with Gasteiger partial charge in [0.15, 0.2) is 0 Å². The number of aromatic nitrogens is 1. The molecular formula is C6H5ClF3NO2S2. The predicted octanol–water partition coefficient (Wildman–Crippen LogP) is 2.62. The molecule has 0 spiro atoms. The Hall–Kier alpha value is -0.340. The van der Waals surface area contributed by atoms with E-state index in [1.54, 1.807) is 0 Å². The van der Waals surface area contributed by atoms with Crippen molar-refractivity contribution in [1.82, 2.24) is 4.98 Å². The summed E-state index contributed by atoms with van der Waals surface area (Å²) < 4.78 is 58.8. The number of aryl methyl sites for hydroxylation is 1. The van der Waals surface area contributed by atoms with Gasteiger partial charge in [-0.2, -0.15) is 13.2 Å². The number of rotatable bonds is 2. The van der Waals surface area contributed by atoms with Crippen LogP contribution < -0.4 is 0 Å². The molecule has 0 N–H and O–H groups in total. The van der Waals surface area contributed by atoms with Crippen LogP contribution >= 0.6 is 22.0 Å². The molecule has 3 nitrogen and oxygen atoms in total. The summed E-state index contributed by atoms with van der Waals surface area (Å²) in [6.45, 7) is 1.47. The van der Waals surface area contributed by atoms with Crippen LogP contribution in [0, 0.1) is 6.92 Å². The highest BCUT2D eigenvalue weighted by Crippen LogP contribution is 2.41. The summed E-state index contributed by atoms with van der Waals surface area (Å²) in [5.41, 5.74) is 0.324. The van der Waals surface area contributed by atoms with Crippen LogP contribution in [-0.4, -0.2) is 19.6 Å². The monoisotopic (exact) mass is 279 g/mol. The Morgan fingerprint density at radius 3 is 2.33 bits per heavy atom. The third kappa shape index (κ3) is 3.05. The maximum Gasteiger partial charge on any atom is 0.413 e. The Labute approximate surface area is 92.3 Å². The van der Waals surface area contributed by atoms with E-state index in [1.165, 1.54) is 12.3 Å². The second kappa shape index (κ2) is 3.91. The van der Waals surface area contributed by atoms with Crippen molar-refractivity contribution in [3.05, 3.63) is 16.1 Å². The molecule has 1 aromatic heterocycles. The van der Waals surface area contributed by atoms with E-state index in [0.717, 1.165) is 0 Å². The molecule has 0 radical (unpaired) electrons. The number of nitrogens with zero attached hydrogens (tertiary/aromatic N) is 1. The zero-order chi connectivity index (χ0) is 11.9. The summed E-state index contributed by atoms with van der Waals surface area (Å²) >= 11 is 0.617. The highest BCUT2D eigenvalue weighted by Gasteiger charge is 2.51. The van der Waals surface area contributed by atoms with E-state index < -0.39 is 25.5 Å². The summed E-state index contributed by atoms with van der Waals surface area (Å²) in [4.78, 5) is 3.48. The number of hydrogen-bond donors (Lipinski definition) is 0. The van der Waals surface area contributed by atoms with Gasteiger partial charge in [0.25, 0.3) is 9.05 Å². The van der Waals surface area contributed by atoms with Crippen LogP contribution in [0.1, 0.15) is 16.0 Å².